The highest BCUT2D eigenvalue weighted by Gasteiger charge is 2.31. The van der Waals surface area contributed by atoms with Crippen LogP contribution in [0.4, 0.5) is 0 Å². The van der Waals surface area contributed by atoms with Crippen molar-refractivity contribution >= 4 is 46.0 Å². The topological polar surface area (TPSA) is 121 Å². The van der Waals surface area contributed by atoms with Gasteiger partial charge in [0.15, 0.2) is 27.8 Å². The fourth-order valence-corrected chi connectivity index (χ4v) is 6.76. The average Bonchev–Trinajstić information content (AvgIpc) is 3.38. The Morgan fingerprint density at radius 3 is 2.52 bits per heavy atom. The van der Waals surface area contributed by atoms with Crippen LogP contribution < -0.4 is 33.8 Å². The second-order valence-electron chi connectivity index (χ2n) is 9.84. The van der Waals surface area contributed by atoms with Gasteiger partial charge in [-0.1, -0.05) is 35.6 Å². The lowest BCUT2D eigenvalue weighted by molar-refractivity contribution is -0.136. The SMILES string of the molecule is CCOc1ccc([C@@H]2C(C(=O)OC)=CN=c3s/c(=C\c4cc(I)c(OCc5ccccc5C#N)c(OC)c4)c(=O)n32)cc1OCC. The van der Waals surface area contributed by atoms with E-state index < -0.39 is 12.0 Å². The molecule has 236 valence electrons. The number of nitrogens with zero attached hydrogens (tertiary/aromatic N) is 3. The number of hydrogen-bond donors (Lipinski definition) is 0. The van der Waals surface area contributed by atoms with Crippen LogP contribution in [-0.4, -0.2) is 38.0 Å². The van der Waals surface area contributed by atoms with Crippen LogP contribution in [0.25, 0.3) is 6.08 Å². The first-order valence-corrected chi connectivity index (χ1v) is 16.2. The Morgan fingerprint density at radius 2 is 1.80 bits per heavy atom. The van der Waals surface area contributed by atoms with E-state index >= 15 is 0 Å². The van der Waals surface area contributed by atoms with Crippen LogP contribution in [0.5, 0.6) is 23.0 Å². The molecule has 0 aliphatic carbocycles. The molecule has 1 aliphatic heterocycles. The molecule has 0 saturated heterocycles. The second-order valence-corrected chi connectivity index (χ2v) is 12.0. The number of ether oxygens (including phenoxy) is 5. The molecule has 4 aromatic rings. The van der Waals surface area contributed by atoms with Gasteiger partial charge in [0.2, 0.25) is 0 Å². The molecule has 5 rings (SSSR count). The molecule has 1 atom stereocenters. The number of benzene rings is 3. The summed E-state index contributed by atoms with van der Waals surface area (Å²) >= 11 is 3.36. The number of rotatable bonds is 11. The summed E-state index contributed by atoms with van der Waals surface area (Å²) in [6.45, 7) is 4.80. The van der Waals surface area contributed by atoms with Gasteiger partial charge in [0.05, 0.1) is 58.8 Å². The van der Waals surface area contributed by atoms with Gasteiger partial charge in [-0.3, -0.25) is 9.36 Å². The Kier molecular flexibility index (Phi) is 10.4. The number of thiazole rings is 1. The summed E-state index contributed by atoms with van der Waals surface area (Å²) in [6.07, 6.45) is 3.21. The lowest BCUT2D eigenvalue weighted by atomic mass is 9.97. The second kappa shape index (κ2) is 14.7. The van der Waals surface area contributed by atoms with Crippen LogP contribution >= 0.6 is 33.9 Å². The minimum atomic E-state index is -0.803. The first-order chi connectivity index (χ1) is 22.3. The van der Waals surface area contributed by atoms with Crippen molar-refractivity contribution in [2.75, 3.05) is 27.4 Å². The van der Waals surface area contributed by atoms with E-state index in [-0.39, 0.29) is 17.7 Å². The number of methoxy groups -OCH3 is 2. The van der Waals surface area contributed by atoms with Gasteiger partial charge in [-0.2, -0.15) is 5.26 Å². The van der Waals surface area contributed by atoms with Crippen molar-refractivity contribution in [3.05, 3.63) is 112 Å². The Morgan fingerprint density at radius 1 is 1.04 bits per heavy atom. The molecule has 0 saturated carbocycles. The van der Waals surface area contributed by atoms with Crippen molar-refractivity contribution in [1.82, 2.24) is 4.57 Å². The lowest BCUT2D eigenvalue weighted by Gasteiger charge is -2.23. The van der Waals surface area contributed by atoms with Crippen molar-refractivity contribution in [2.24, 2.45) is 4.99 Å². The number of fused-ring (bicyclic) bond motifs is 1. The lowest BCUT2D eigenvalue weighted by Crippen LogP contribution is -2.39. The van der Waals surface area contributed by atoms with E-state index in [2.05, 4.69) is 33.7 Å². The summed E-state index contributed by atoms with van der Waals surface area (Å²) in [5, 5.41) is 9.43. The average molecular weight is 752 g/mol. The molecule has 0 bridgehead atoms. The third kappa shape index (κ3) is 6.66. The summed E-state index contributed by atoms with van der Waals surface area (Å²) < 4.78 is 31.0. The van der Waals surface area contributed by atoms with E-state index in [9.17, 15) is 14.9 Å². The number of carbonyl (C=O) groups excluding carboxylic acids is 1. The number of aromatic nitrogens is 1. The van der Waals surface area contributed by atoms with Crippen LogP contribution in [0.1, 0.15) is 42.1 Å². The molecule has 1 aliphatic rings. The Balaban J connectivity index is 1.56. The smallest absolute Gasteiger partial charge is 0.337 e. The molecule has 1 aromatic heterocycles. The third-order valence-electron chi connectivity index (χ3n) is 7.07. The molecule has 0 amide bonds. The predicted octanol–water partition coefficient (Wildman–Crippen LogP) is 4.88. The molecule has 12 heteroatoms. The predicted molar refractivity (Wildman–Crippen MR) is 181 cm³/mol. The quantitative estimate of drug-likeness (QED) is 0.157. The van der Waals surface area contributed by atoms with E-state index in [0.717, 1.165) is 9.13 Å². The molecular formula is C34H30IN3O7S. The number of carbonyl (C=O) groups is 1. The zero-order chi connectivity index (χ0) is 32.8. The summed E-state index contributed by atoms with van der Waals surface area (Å²) in [5.41, 5.74) is 2.54. The van der Waals surface area contributed by atoms with Gasteiger partial charge < -0.3 is 23.7 Å². The molecule has 0 unspecified atom stereocenters. The first kappa shape index (κ1) is 32.8. The van der Waals surface area contributed by atoms with E-state index in [1.165, 1.54) is 29.2 Å². The molecule has 3 aromatic carbocycles. The van der Waals surface area contributed by atoms with Crippen LogP contribution in [0.2, 0.25) is 0 Å². The normalized spacial score (nSPS) is 14.0. The van der Waals surface area contributed by atoms with Gasteiger partial charge in [-0.05, 0) is 84.0 Å². The maximum Gasteiger partial charge on any atom is 0.337 e. The van der Waals surface area contributed by atoms with Gasteiger partial charge in [0.1, 0.15) is 6.61 Å². The van der Waals surface area contributed by atoms with Crippen molar-refractivity contribution < 1.29 is 28.5 Å². The van der Waals surface area contributed by atoms with Gasteiger partial charge in [0.25, 0.3) is 5.56 Å². The highest BCUT2D eigenvalue weighted by molar-refractivity contribution is 14.1. The highest BCUT2D eigenvalue weighted by Crippen LogP contribution is 2.36. The van der Waals surface area contributed by atoms with Gasteiger partial charge in [0, 0.05) is 11.8 Å². The van der Waals surface area contributed by atoms with Crippen molar-refractivity contribution in [3.8, 4) is 29.1 Å². The van der Waals surface area contributed by atoms with Crippen LogP contribution in [0.3, 0.4) is 0 Å². The molecule has 0 fully saturated rings. The Labute approximate surface area is 282 Å². The summed E-state index contributed by atoms with van der Waals surface area (Å²) in [7, 11) is 2.83. The monoisotopic (exact) mass is 751 g/mol. The number of halogens is 1. The van der Waals surface area contributed by atoms with Crippen molar-refractivity contribution in [3.63, 3.8) is 0 Å². The molecule has 10 nitrogen and oxygen atoms in total. The largest absolute Gasteiger partial charge is 0.493 e. The van der Waals surface area contributed by atoms with Gasteiger partial charge in [-0.25, -0.2) is 9.79 Å². The summed E-state index contributed by atoms with van der Waals surface area (Å²) in [5.74, 6) is 1.48. The number of esters is 1. The van der Waals surface area contributed by atoms with E-state index in [1.54, 1.807) is 49.6 Å². The molecule has 0 radical (unpaired) electrons. The third-order valence-corrected chi connectivity index (χ3v) is 8.87. The van der Waals surface area contributed by atoms with E-state index in [1.807, 2.05) is 32.0 Å². The Hall–Kier alpha value is -4.61. The fraction of sp³-hybridized carbons (Fsp3) is 0.235. The minimum Gasteiger partial charge on any atom is -0.493 e. The maximum absolute atomic E-state index is 14.0. The van der Waals surface area contributed by atoms with Gasteiger partial charge in [-0.15, -0.1) is 0 Å². The van der Waals surface area contributed by atoms with Gasteiger partial charge >= 0.3 is 5.97 Å². The van der Waals surface area contributed by atoms with Crippen LogP contribution in [-0.2, 0) is 16.1 Å². The molecule has 0 N–H and O–H groups in total. The molecular weight excluding hydrogens is 721 g/mol. The fourth-order valence-electron chi connectivity index (χ4n) is 5.01. The molecule has 2 heterocycles. The number of hydrogen-bond acceptors (Lipinski definition) is 10. The standard InChI is InChI=1S/C34H30IN3O7S/c1-5-43-26-12-11-21(16-27(26)44-6-2)30-24(33(40)42-4)18-37-34-38(30)32(39)29(46-34)15-20-13-25(35)31(28(14-20)41-3)45-19-23-10-8-7-9-22(23)17-36/h7-16,18,30H,5-6,19H2,1-4H3/b29-15-/t30-/m1/s1. The maximum atomic E-state index is 14.0. The first-order valence-electron chi connectivity index (χ1n) is 14.3. The molecule has 46 heavy (non-hydrogen) atoms. The summed E-state index contributed by atoms with van der Waals surface area (Å²) in [6, 6.07) is 17.6. The van der Waals surface area contributed by atoms with E-state index in [4.69, 9.17) is 23.7 Å². The Bertz CT molecular complexity index is 2040. The highest BCUT2D eigenvalue weighted by atomic mass is 127. The van der Waals surface area contributed by atoms with Crippen molar-refractivity contribution in [1.29, 1.82) is 5.26 Å². The van der Waals surface area contributed by atoms with Crippen LogP contribution in [0.15, 0.2) is 76.2 Å². The molecule has 0 spiro atoms. The van der Waals surface area contributed by atoms with Crippen molar-refractivity contribution in [2.45, 2.75) is 26.5 Å². The summed E-state index contributed by atoms with van der Waals surface area (Å²) in [4.78, 5) is 31.8. The minimum absolute atomic E-state index is 0.188. The zero-order valence-electron chi connectivity index (χ0n) is 25.5. The zero-order valence-corrected chi connectivity index (χ0v) is 28.5. The van der Waals surface area contributed by atoms with Crippen LogP contribution in [0, 0.1) is 14.9 Å². The van der Waals surface area contributed by atoms with E-state index in [0.29, 0.717) is 62.2 Å². The number of nitriles is 1.